The Labute approximate surface area is 122 Å². The zero-order valence-corrected chi connectivity index (χ0v) is 11.7. The van der Waals surface area contributed by atoms with E-state index in [0.29, 0.717) is 11.6 Å². The topological polar surface area (TPSA) is 90.6 Å². The van der Waals surface area contributed by atoms with Gasteiger partial charge in [-0.05, 0) is 19.4 Å². The second-order valence-corrected chi connectivity index (χ2v) is 4.97. The average Bonchev–Trinajstić information content (AvgIpc) is 2.96. The molecule has 1 aliphatic rings. The molecule has 1 saturated heterocycles. The molecule has 2 aromatic heterocycles. The first-order valence-corrected chi connectivity index (χ1v) is 6.78. The maximum absolute atomic E-state index is 8.89. The van der Waals surface area contributed by atoms with Crippen molar-refractivity contribution in [3.8, 4) is 6.07 Å². The van der Waals surface area contributed by atoms with Gasteiger partial charge in [0.2, 0.25) is 5.95 Å². The Bertz CT molecular complexity index is 679. The molecule has 1 atom stereocenters. The lowest BCUT2D eigenvalue weighted by Crippen LogP contribution is -2.27. The maximum Gasteiger partial charge on any atom is 0.226 e. The number of nitrogens with one attached hydrogen (secondary N) is 1. The highest BCUT2D eigenvalue weighted by Crippen LogP contribution is 2.18. The van der Waals surface area contributed by atoms with Gasteiger partial charge >= 0.3 is 0 Å². The monoisotopic (exact) mass is 281 g/mol. The maximum atomic E-state index is 8.89. The molecule has 106 valence electrons. The van der Waals surface area contributed by atoms with E-state index in [0.717, 1.165) is 31.0 Å². The summed E-state index contributed by atoms with van der Waals surface area (Å²) < 4.78 is 0. The van der Waals surface area contributed by atoms with Crippen LogP contribution in [0.4, 0.5) is 11.8 Å². The summed E-state index contributed by atoms with van der Waals surface area (Å²) in [6.45, 7) is 3.59. The molecular formula is C14H15N7. The molecule has 3 rings (SSSR count). The van der Waals surface area contributed by atoms with E-state index in [9.17, 15) is 0 Å². The molecule has 0 spiro atoms. The summed E-state index contributed by atoms with van der Waals surface area (Å²) in [5, 5.41) is 12.3. The van der Waals surface area contributed by atoms with Crippen molar-refractivity contribution in [3.63, 3.8) is 0 Å². The molecule has 0 bridgehead atoms. The van der Waals surface area contributed by atoms with Gasteiger partial charge in [0.15, 0.2) is 0 Å². The number of hydrogen-bond acceptors (Lipinski definition) is 7. The van der Waals surface area contributed by atoms with E-state index >= 15 is 0 Å². The van der Waals surface area contributed by atoms with E-state index in [2.05, 4.69) is 30.2 Å². The van der Waals surface area contributed by atoms with Crippen molar-refractivity contribution in [1.29, 1.82) is 5.26 Å². The largest absolute Gasteiger partial charge is 0.365 e. The van der Waals surface area contributed by atoms with Gasteiger partial charge in [-0.1, -0.05) is 0 Å². The minimum atomic E-state index is 0.286. The fourth-order valence-corrected chi connectivity index (χ4v) is 2.37. The summed E-state index contributed by atoms with van der Waals surface area (Å²) in [5.74, 6) is 1.44. The molecule has 1 unspecified atom stereocenters. The number of hydrogen-bond donors (Lipinski definition) is 1. The van der Waals surface area contributed by atoms with Crippen LogP contribution < -0.4 is 10.2 Å². The van der Waals surface area contributed by atoms with Gasteiger partial charge < -0.3 is 10.2 Å². The van der Waals surface area contributed by atoms with Crippen molar-refractivity contribution in [1.82, 2.24) is 19.9 Å². The third-order valence-corrected chi connectivity index (χ3v) is 3.38. The Hall–Kier alpha value is -2.75. The van der Waals surface area contributed by atoms with Gasteiger partial charge in [0.1, 0.15) is 23.9 Å². The van der Waals surface area contributed by atoms with Crippen molar-refractivity contribution in [2.24, 2.45) is 0 Å². The predicted octanol–water partition coefficient (Wildman–Crippen LogP) is 1.14. The lowest BCUT2D eigenvalue weighted by molar-refractivity contribution is 0.796. The molecular weight excluding hydrogens is 266 g/mol. The van der Waals surface area contributed by atoms with Crippen molar-refractivity contribution in [3.05, 3.63) is 36.0 Å². The van der Waals surface area contributed by atoms with Gasteiger partial charge in [-0.25, -0.2) is 19.9 Å². The quantitative estimate of drug-likeness (QED) is 0.902. The van der Waals surface area contributed by atoms with Crippen molar-refractivity contribution in [2.45, 2.75) is 19.4 Å². The summed E-state index contributed by atoms with van der Waals surface area (Å²) in [7, 11) is 0. The molecule has 0 aliphatic carbocycles. The van der Waals surface area contributed by atoms with Crippen LogP contribution in [-0.2, 0) is 0 Å². The minimum absolute atomic E-state index is 0.286. The zero-order chi connectivity index (χ0) is 14.7. The number of aromatic nitrogens is 4. The van der Waals surface area contributed by atoms with E-state index in [1.807, 2.05) is 19.1 Å². The van der Waals surface area contributed by atoms with Crippen LogP contribution in [0, 0.1) is 18.3 Å². The molecule has 2 aromatic rings. The van der Waals surface area contributed by atoms with E-state index in [-0.39, 0.29) is 6.04 Å². The van der Waals surface area contributed by atoms with Crippen LogP contribution in [0.15, 0.2) is 24.7 Å². The highest BCUT2D eigenvalue weighted by atomic mass is 15.3. The van der Waals surface area contributed by atoms with Gasteiger partial charge in [0, 0.05) is 37.1 Å². The van der Waals surface area contributed by atoms with E-state index in [1.54, 1.807) is 18.6 Å². The van der Waals surface area contributed by atoms with E-state index < -0.39 is 0 Å². The van der Waals surface area contributed by atoms with Crippen molar-refractivity contribution < 1.29 is 0 Å². The van der Waals surface area contributed by atoms with Crippen molar-refractivity contribution in [2.75, 3.05) is 23.3 Å². The van der Waals surface area contributed by atoms with Crippen LogP contribution in [0.25, 0.3) is 0 Å². The van der Waals surface area contributed by atoms with Crippen LogP contribution in [0.5, 0.6) is 0 Å². The van der Waals surface area contributed by atoms with Gasteiger partial charge in [-0.15, -0.1) is 0 Å². The fraction of sp³-hybridized carbons (Fsp3) is 0.357. The number of anilines is 2. The number of aryl methyl sites for hydroxylation is 1. The Morgan fingerprint density at radius 3 is 3.10 bits per heavy atom. The van der Waals surface area contributed by atoms with E-state index in [4.69, 9.17) is 5.26 Å². The molecule has 21 heavy (non-hydrogen) atoms. The number of nitriles is 1. The second-order valence-electron chi connectivity index (χ2n) is 4.97. The normalized spacial score (nSPS) is 17.5. The average molecular weight is 281 g/mol. The molecule has 1 N–H and O–H groups in total. The Balaban J connectivity index is 1.66. The zero-order valence-electron chi connectivity index (χ0n) is 11.7. The predicted molar refractivity (Wildman–Crippen MR) is 77.8 cm³/mol. The number of rotatable bonds is 3. The molecule has 0 saturated carbocycles. The molecule has 0 aromatic carbocycles. The highest BCUT2D eigenvalue weighted by molar-refractivity contribution is 5.40. The van der Waals surface area contributed by atoms with Crippen LogP contribution in [-0.4, -0.2) is 39.1 Å². The molecule has 0 amide bonds. The molecule has 1 fully saturated rings. The Morgan fingerprint density at radius 2 is 2.29 bits per heavy atom. The standard InChI is InChI=1S/C14H15N7/c1-10-6-13(18-9-17-10)19-12-3-5-21(8-12)14-16-4-2-11(7-15)20-14/h2,4,6,9,12H,3,5,8H2,1H3,(H,17,18,19). The summed E-state index contributed by atoms with van der Waals surface area (Å²) in [6.07, 6.45) is 4.16. The van der Waals surface area contributed by atoms with E-state index in [1.165, 1.54) is 0 Å². The molecule has 1 aliphatic heterocycles. The first-order valence-electron chi connectivity index (χ1n) is 6.78. The SMILES string of the molecule is Cc1cc(NC2CCN(c3nccc(C#N)n3)C2)ncn1. The molecule has 7 heteroatoms. The summed E-state index contributed by atoms with van der Waals surface area (Å²) in [6, 6.07) is 5.86. The smallest absolute Gasteiger partial charge is 0.226 e. The lowest BCUT2D eigenvalue weighted by atomic mass is 10.2. The van der Waals surface area contributed by atoms with Crippen LogP contribution in [0.2, 0.25) is 0 Å². The summed E-state index contributed by atoms with van der Waals surface area (Å²) in [5.41, 5.74) is 1.33. The van der Waals surface area contributed by atoms with Crippen LogP contribution in [0.3, 0.4) is 0 Å². The lowest BCUT2D eigenvalue weighted by Gasteiger charge is -2.17. The second kappa shape index (κ2) is 5.71. The van der Waals surface area contributed by atoms with Crippen molar-refractivity contribution >= 4 is 11.8 Å². The van der Waals surface area contributed by atoms with Gasteiger partial charge in [0.05, 0.1) is 0 Å². The first-order chi connectivity index (χ1) is 10.2. The summed E-state index contributed by atoms with van der Waals surface area (Å²) in [4.78, 5) is 18.8. The minimum Gasteiger partial charge on any atom is -0.365 e. The molecule has 7 nitrogen and oxygen atoms in total. The first kappa shape index (κ1) is 13.2. The third-order valence-electron chi connectivity index (χ3n) is 3.38. The van der Waals surface area contributed by atoms with Gasteiger partial charge in [-0.2, -0.15) is 5.26 Å². The molecule has 3 heterocycles. The van der Waals surface area contributed by atoms with Gasteiger partial charge in [-0.3, -0.25) is 0 Å². The Morgan fingerprint density at radius 1 is 1.38 bits per heavy atom. The van der Waals surface area contributed by atoms with Gasteiger partial charge in [0.25, 0.3) is 0 Å². The fourth-order valence-electron chi connectivity index (χ4n) is 2.37. The van der Waals surface area contributed by atoms with Crippen LogP contribution in [0.1, 0.15) is 17.8 Å². The molecule has 0 radical (unpaired) electrons. The third kappa shape index (κ3) is 3.05. The number of nitrogens with zero attached hydrogens (tertiary/aromatic N) is 6. The van der Waals surface area contributed by atoms with Crippen LogP contribution >= 0.6 is 0 Å². The Kier molecular flexibility index (Phi) is 3.60. The summed E-state index contributed by atoms with van der Waals surface area (Å²) >= 11 is 0. The highest BCUT2D eigenvalue weighted by Gasteiger charge is 2.24.